The molecule has 30 heavy (non-hydrogen) atoms. The van der Waals surface area contributed by atoms with Crippen molar-refractivity contribution in [3.05, 3.63) is 89.0 Å². The molecule has 1 aliphatic rings. The predicted molar refractivity (Wildman–Crippen MR) is 118 cm³/mol. The number of rotatable bonds is 5. The van der Waals surface area contributed by atoms with Crippen molar-refractivity contribution in [3.63, 3.8) is 0 Å². The number of fused-ring (bicyclic) bond motifs is 1. The number of amides is 2. The molecule has 0 bridgehead atoms. The summed E-state index contributed by atoms with van der Waals surface area (Å²) in [7, 11) is 1.56. The van der Waals surface area contributed by atoms with E-state index in [0.717, 1.165) is 12.8 Å². The minimum atomic E-state index is -0.243. The van der Waals surface area contributed by atoms with E-state index < -0.39 is 0 Å². The van der Waals surface area contributed by atoms with Gasteiger partial charge in [-0.25, -0.2) is 0 Å². The Bertz CT molecular complexity index is 1070. The van der Waals surface area contributed by atoms with E-state index in [2.05, 4.69) is 16.7 Å². The van der Waals surface area contributed by atoms with Gasteiger partial charge in [0.05, 0.1) is 12.8 Å². The van der Waals surface area contributed by atoms with Crippen LogP contribution in [0.25, 0.3) is 0 Å². The number of anilines is 2. The van der Waals surface area contributed by atoms with Crippen LogP contribution in [-0.2, 0) is 12.8 Å². The number of nitrogens with one attached hydrogen (secondary N) is 2. The smallest absolute Gasteiger partial charge is 0.255 e. The highest BCUT2D eigenvalue weighted by Crippen LogP contribution is 2.25. The Morgan fingerprint density at radius 1 is 0.767 bits per heavy atom. The van der Waals surface area contributed by atoms with E-state index in [-0.39, 0.29) is 11.8 Å². The summed E-state index contributed by atoms with van der Waals surface area (Å²) in [6.45, 7) is 0. The molecule has 0 unspecified atom stereocenters. The first-order valence-corrected chi connectivity index (χ1v) is 10.1. The summed E-state index contributed by atoms with van der Waals surface area (Å²) in [5, 5.41) is 5.75. The number of ether oxygens (including phenoxy) is 1. The summed E-state index contributed by atoms with van der Waals surface area (Å²) < 4.78 is 5.26. The molecule has 4 rings (SSSR count). The van der Waals surface area contributed by atoms with Gasteiger partial charge in [0.25, 0.3) is 11.8 Å². The second-order valence-electron chi connectivity index (χ2n) is 7.38. The standard InChI is InChI=1S/C25H24N2O3/c1-30-23-9-5-4-8-22(23)27-24(28)18-12-14-21(15-13-18)26-25(29)20-11-10-17-6-2-3-7-19(17)16-20/h4-5,8-16H,2-3,6-7H2,1H3,(H,26,29)(H,27,28). The van der Waals surface area contributed by atoms with Gasteiger partial charge in [0.2, 0.25) is 0 Å². The lowest BCUT2D eigenvalue weighted by molar-refractivity contribution is 0.101. The van der Waals surface area contributed by atoms with E-state index in [4.69, 9.17) is 4.74 Å². The fourth-order valence-electron chi connectivity index (χ4n) is 3.73. The van der Waals surface area contributed by atoms with E-state index >= 15 is 0 Å². The first-order valence-electron chi connectivity index (χ1n) is 10.1. The lowest BCUT2D eigenvalue weighted by atomic mass is 9.90. The van der Waals surface area contributed by atoms with Gasteiger partial charge < -0.3 is 15.4 Å². The second-order valence-corrected chi connectivity index (χ2v) is 7.38. The van der Waals surface area contributed by atoms with Crippen molar-refractivity contribution in [3.8, 4) is 5.75 Å². The van der Waals surface area contributed by atoms with Gasteiger partial charge in [0.15, 0.2) is 0 Å². The summed E-state index contributed by atoms with van der Waals surface area (Å²) in [5.41, 5.74) is 5.03. The van der Waals surface area contributed by atoms with Crippen molar-refractivity contribution in [1.29, 1.82) is 0 Å². The number of carbonyl (C=O) groups excluding carboxylic acids is 2. The van der Waals surface area contributed by atoms with Crippen molar-refractivity contribution in [2.75, 3.05) is 17.7 Å². The van der Waals surface area contributed by atoms with Crippen LogP contribution in [0, 0.1) is 0 Å². The maximum absolute atomic E-state index is 12.6. The van der Waals surface area contributed by atoms with Gasteiger partial charge in [-0.3, -0.25) is 9.59 Å². The van der Waals surface area contributed by atoms with Crippen molar-refractivity contribution in [2.45, 2.75) is 25.7 Å². The van der Waals surface area contributed by atoms with Crippen LogP contribution in [0.1, 0.15) is 44.7 Å². The molecule has 0 aromatic heterocycles. The first-order chi connectivity index (χ1) is 14.6. The van der Waals surface area contributed by atoms with E-state index in [1.54, 1.807) is 43.5 Å². The Kier molecular flexibility index (Phi) is 5.80. The molecule has 3 aromatic rings. The van der Waals surface area contributed by atoms with Gasteiger partial charge in [0, 0.05) is 16.8 Å². The summed E-state index contributed by atoms with van der Waals surface area (Å²) in [6.07, 6.45) is 4.52. The van der Waals surface area contributed by atoms with Gasteiger partial charge in [-0.1, -0.05) is 18.2 Å². The lowest BCUT2D eigenvalue weighted by Crippen LogP contribution is -2.15. The monoisotopic (exact) mass is 400 g/mol. The van der Waals surface area contributed by atoms with Gasteiger partial charge in [-0.15, -0.1) is 0 Å². The molecule has 2 N–H and O–H groups in total. The highest BCUT2D eigenvalue weighted by Gasteiger charge is 2.14. The van der Waals surface area contributed by atoms with Gasteiger partial charge in [-0.2, -0.15) is 0 Å². The van der Waals surface area contributed by atoms with Crippen LogP contribution in [-0.4, -0.2) is 18.9 Å². The van der Waals surface area contributed by atoms with E-state index in [1.165, 1.54) is 24.0 Å². The molecule has 0 saturated carbocycles. The molecule has 5 heteroatoms. The van der Waals surface area contributed by atoms with Crippen molar-refractivity contribution in [1.82, 2.24) is 0 Å². The molecule has 152 valence electrons. The summed E-state index contributed by atoms with van der Waals surface area (Å²) in [5.74, 6) is 0.210. The Morgan fingerprint density at radius 2 is 1.43 bits per heavy atom. The number of aryl methyl sites for hydroxylation is 2. The highest BCUT2D eigenvalue weighted by molar-refractivity contribution is 6.06. The Morgan fingerprint density at radius 3 is 2.20 bits per heavy atom. The summed E-state index contributed by atoms with van der Waals surface area (Å²) >= 11 is 0. The van der Waals surface area contributed by atoms with Crippen molar-refractivity contribution >= 4 is 23.2 Å². The average molecular weight is 400 g/mol. The Balaban J connectivity index is 1.42. The van der Waals surface area contributed by atoms with Crippen molar-refractivity contribution < 1.29 is 14.3 Å². The van der Waals surface area contributed by atoms with Crippen LogP contribution in [0.2, 0.25) is 0 Å². The number of carbonyl (C=O) groups is 2. The Hall–Kier alpha value is -3.60. The number of para-hydroxylation sites is 2. The highest BCUT2D eigenvalue weighted by atomic mass is 16.5. The predicted octanol–water partition coefficient (Wildman–Crippen LogP) is 5.08. The van der Waals surface area contributed by atoms with Crippen LogP contribution in [0.3, 0.4) is 0 Å². The SMILES string of the molecule is COc1ccccc1NC(=O)c1ccc(NC(=O)c2ccc3c(c2)CCCC3)cc1. The van der Waals surface area contributed by atoms with Crippen LogP contribution in [0.5, 0.6) is 5.75 Å². The number of methoxy groups -OCH3 is 1. The molecule has 2 amide bonds. The van der Waals surface area contributed by atoms with Gasteiger partial charge in [-0.05, 0) is 85.3 Å². The van der Waals surface area contributed by atoms with Gasteiger partial charge >= 0.3 is 0 Å². The van der Waals surface area contributed by atoms with Crippen LogP contribution < -0.4 is 15.4 Å². The third kappa shape index (κ3) is 4.35. The number of hydrogen-bond donors (Lipinski definition) is 2. The normalized spacial score (nSPS) is 12.6. The third-order valence-electron chi connectivity index (χ3n) is 5.37. The average Bonchev–Trinajstić information content (AvgIpc) is 2.79. The minimum Gasteiger partial charge on any atom is -0.495 e. The summed E-state index contributed by atoms with van der Waals surface area (Å²) in [6, 6.07) is 20.0. The maximum atomic E-state index is 12.6. The molecule has 0 saturated heterocycles. The number of hydrogen-bond acceptors (Lipinski definition) is 3. The zero-order valence-electron chi connectivity index (χ0n) is 16.9. The molecule has 0 spiro atoms. The second kappa shape index (κ2) is 8.82. The molecule has 0 heterocycles. The molecule has 0 aliphatic heterocycles. The van der Waals surface area contributed by atoms with Gasteiger partial charge in [0.1, 0.15) is 5.75 Å². The zero-order valence-corrected chi connectivity index (χ0v) is 16.9. The first kappa shape index (κ1) is 19.7. The molecule has 0 fully saturated rings. The van der Waals surface area contributed by atoms with E-state index in [0.29, 0.717) is 28.3 Å². The minimum absolute atomic E-state index is 0.144. The topological polar surface area (TPSA) is 67.4 Å². The molecule has 1 aliphatic carbocycles. The quantitative estimate of drug-likeness (QED) is 0.628. The van der Waals surface area contributed by atoms with Crippen molar-refractivity contribution in [2.24, 2.45) is 0 Å². The molecular formula is C25H24N2O3. The molecule has 0 atom stereocenters. The third-order valence-corrected chi connectivity index (χ3v) is 5.37. The fourth-order valence-corrected chi connectivity index (χ4v) is 3.73. The van der Waals surface area contributed by atoms with Crippen LogP contribution in [0.4, 0.5) is 11.4 Å². The van der Waals surface area contributed by atoms with Crippen LogP contribution >= 0.6 is 0 Å². The Labute approximate surface area is 176 Å². The van der Waals surface area contributed by atoms with Crippen LogP contribution in [0.15, 0.2) is 66.7 Å². The lowest BCUT2D eigenvalue weighted by Gasteiger charge is -2.16. The maximum Gasteiger partial charge on any atom is 0.255 e. The van der Waals surface area contributed by atoms with E-state index in [9.17, 15) is 9.59 Å². The molecular weight excluding hydrogens is 376 g/mol. The molecule has 5 nitrogen and oxygen atoms in total. The fraction of sp³-hybridized carbons (Fsp3) is 0.200. The number of benzene rings is 3. The largest absolute Gasteiger partial charge is 0.495 e. The zero-order chi connectivity index (χ0) is 20.9. The molecule has 0 radical (unpaired) electrons. The van der Waals surface area contributed by atoms with E-state index in [1.807, 2.05) is 24.3 Å². The molecule has 3 aromatic carbocycles. The summed E-state index contributed by atoms with van der Waals surface area (Å²) in [4.78, 5) is 25.1.